The van der Waals surface area contributed by atoms with E-state index in [4.69, 9.17) is 22.2 Å². The molecule has 1 aliphatic carbocycles. The molecule has 2 aromatic heterocycles. The van der Waals surface area contributed by atoms with Crippen molar-refractivity contribution in [3.8, 4) is 6.07 Å². The molecule has 3 atom stereocenters. The zero-order valence-corrected chi connectivity index (χ0v) is 35.7. The number of nitriles is 1. The molecular formula is C42H51F3N10O5S. The summed E-state index contributed by atoms with van der Waals surface area (Å²) in [5.74, 6) is -1.78. The molecule has 0 bridgehead atoms. The van der Waals surface area contributed by atoms with Gasteiger partial charge in [0.25, 0.3) is 5.91 Å². The fourth-order valence-electron chi connectivity index (χ4n) is 9.53. The highest BCUT2D eigenvalue weighted by Crippen LogP contribution is 2.40. The molecule has 0 radical (unpaired) electrons. The third kappa shape index (κ3) is 8.86. The van der Waals surface area contributed by atoms with Gasteiger partial charge in [-0.25, -0.2) is 4.98 Å². The minimum atomic E-state index is -4.83. The van der Waals surface area contributed by atoms with Crippen molar-refractivity contribution < 1.29 is 37.1 Å². The molecule has 1 aromatic carbocycles. The van der Waals surface area contributed by atoms with Crippen molar-refractivity contribution in [3.63, 3.8) is 0 Å². The number of thiocarbonyl (C=S) groups is 1. The van der Waals surface area contributed by atoms with Crippen LogP contribution >= 0.6 is 12.2 Å². The number of carbonyl (C=O) groups is 4. The van der Waals surface area contributed by atoms with Crippen LogP contribution in [0.25, 0.3) is 10.9 Å². The summed E-state index contributed by atoms with van der Waals surface area (Å²) in [5.41, 5.74) is -1.29. The second-order valence-corrected chi connectivity index (χ2v) is 17.5. The van der Waals surface area contributed by atoms with Crippen molar-refractivity contribution in [2.75, 3.05) is 43.0 Å². The zero-order chi connectivity index (χ0) is 44.0. The standard InChI is InChI=1S/C42H51F3N10O5S/c1-24-21-52(22-25(2)53(24)23-35(57)48-32-9-6-8-29-36(50-51(5)37(29)32)30-14-15-34(56)49-38(30)58)16-7-17-60-28-12-10-26(11-13-28)55-40(61)54(39(59)41(55,3)4)27-18-31(42(43,44)45)33(19-46)47-20-27/h6,8-9,18,20,24-26,28,30H,7,10-17,21-23H2,1-5H3,(H,48,57)(H,49,56,58)/t24-,25+,26?,28?,30?. The molecule has 326 valence electrons. The Hall–Kier alpha value is -5.03. The third-order valence-electron chi connectivity index (χ3n) is 12.5. The van der Waals surface area contributed by atoms with Crippen molar-refractivity contribution in [2.24, 2.45) is 7.05 Å². The van der Waals surface area contributed by atoms with Crippen LogP contribution in [-0.2, 0) is 37.1 Å². The van der Waals surface area contributed by atoms with Crippen LogP contribution in [0.5, 0.6) is 0 Å². The first-order valence-electron chi connectivity index (χ1n) is 20.7. The number of nitrogens with zero attached hydrogens (tertiary/aromatic N) is 8. The summed E-state index contributed by atoms with van der Waals surface area (Å²) < 4.78 is 49.1. The fraction of sp³-hybridized carbons (Fsp3) is 0.571. The third-order valence-corrected chi connectivity index (χ3v) is 12.9. The number of halogens is 3. The number of rotatable bonds is 11. The van der Waals surface area contributed by atoms with E-state index in [1.54, 1.807) is 25.6 Å². The van der Waals surface area contributed by atoms with Crippen molar-refractivity contribution in [1.82, 2.24) is 34.8 Å². The number of para-hydroxylation sites is 1. The lowest BCUT2D eigenvalue weighted by Crippen LogP contribution is -2.58. The van der Waals surface area contributed by atoms with E-state index in [0.717, 1.165) is 61.4 Å². The molecule has 7 rings (SSSR count). The summed E-state index contributed by atoms with van der Waals surface area (Å²) >= 11 is 5.72. The highest BCUT2D eigenvalue weighted by atomic mass is 32.1. The van der Waals surface area contributed by atoms with Crippen molar-refractivity contribution in [2.45, 2.75) is 115 Å². The minimum absolute atomic E-state index is 0.0360. The minimum Gasteiger partial charge on any atom is -0.378 e. The Morgan fingerprint density at radius 2 is 1.80 bits per heavy atom. The first-order valence-corrected chi connectivity index (χ1v) is 21.1. The quantitative estimate of drug-likeness (QED) is 0.153. The maximum atomic E-state index is 13.7. The number of amides is 4. The number of ether oxygens (including phenoxy) is 1. The van der Waals surface area contributed by atoms with E-state index in [2.05, 4.69) is 44.4 Å². The van der Waals surface area contributed by atoms with Gasteiger partial charge in [0.15, 0.2) is 10.8 Å². The lowest BCUT2D eigenvalue weighted by Gasteiger charge is -2.44. The Kier molecular flexibility index (Phi) is 12.6. The Bertz CT molecular complexity index is 2260. The molecule has 2 N–H and O–H groups in total. The number of piperidine rings is 1. The average molecular weight is 865 g/mol. The Balaban J connectivity index is 0.861. The number of alkyl halides is 3. The highest BCUT2D eigenvalue weighted by Gasteiger charge is 2.53. The van der Waals surface area contributed by atoms with Crippen LogP contribution in [0.4, 0.5) is 24.5 Å². The largest absolute Gasteiger partial charge is 0.419 e. The molecule has 1 unspecified atom stereocenters. The topological polar surface area (TPSA) is 169 Å². The monoisotopic (exact) mass is 864 g/mol. The van der Waals surface area contributed by atoms with Crippen LogP contribution < -0.4 is 15.5 Å². The molecule has 61 heavy (non-hydrogen) atoms. The predicted octanol–water partition coefficient (Wildman–Crippen LogP) is 4.84. The van der Waals surface area contributed by atoms with E-state index < -0.39 is 34.8 Å². The molecule has 3 aromatic rings. The van der Waals surface area contributed by atoms with Gasteiger partial charge in [0.2, 0.25) is 17.7 Å². The Morgan fingerprint density at radius 1 is 1.10 bits per heavy atom. The van der Waals surface area contributed by atoms with Gasteiger partial charge < -0.3 is 19.9 Å². The van der Waals surface area contributed by atoms with Gasteiger partial charge in [-0.1, -0.05) is 12.1 Å². The molecule has 0 spiro atoms. The van der Waals surface area contributed by atoms with Crippen molar-refractivity contribution >= 4 is 63.2 Å². The molecule has 19 heteroatoms. The van der Waals surface area contributed by atoms with E-state index in [1.165, 1.54) is 6.07 Å². The number of piperazine rings is 1. The van der Waals surface area contributed by atoms with Crippen molar-refractivity contribution in [1.29, 1.82) is 5.26 Å². The number of fused-ring (bicyclic) bond motifs is 1. The lowest BCUT2D eigenvalue weighted by molar-refractivity contribution is -0.138. The van der Waals surface area contributed by atoms with E-state index in [0.29, 0.717) is 42.8 Å². The second-order valence-electron chi connectivity index (χ2n) is 17.1. The molecule has 4 aliphatic rings. The predicted molar refractivity (Wildman–Crippen MR) is 223 cm³/mol. The van der Waals surface area contributed by atoms with Gasteiger partial charge in [0, 0.05) is 63.2 Å². The molecular weight excluding hydrogens is 814 g/mol. The van der Waals surface area contributed by atoms with E-state index in [9.17, 15) is 32.3 Å². The first kappa shape index (κ1) is 44.0. The Morgan fingerprint density at radius 3 is 2.46 bits per heavy atom. The summed E-state index contributed by atoms with van der Waals surface area (Å²) in [5, 5.41) is 20.2. The number of benzene rings is 1. The van der Waals surface area contributed by atoms with Gasteiger partial charge in [-0.15, -0.1) is 0 Å². The Labute approximate surface area is 357 Å². The fourth-order valence-corrected chi connectivity index (χ4v) is 10.1. The highest BCUT2D eigenvalue weighted by molar-refractivity contribution is 7.80. The summed E-state index contributed by atoms with van der Waals surface area (Å²) in [6.45, 7) is 10.9. The first-order chi connectivity index (χ1) is 28.9. The SMILES string of the molecule is C[C@@H]1CN(CCCOC2CCC(N3C(=S)N(c4cnc(C#N)c(C(F)(F)F)c4)C(=O)C3(C)C)CC2)C[C@H](C)N1CC(=O)Nc1cccc2c(C3CCC(=O)NC3=O)nn(C)c12. The lowest BCUT2D eigenvalue weighted by atomic mass is 9.89. The van der Waals surface area contributed by atoms with E-state index >= 15 is 0 Å². The normalized spacial score (nSPS) is 25.3. The van der Waals surface area contributed by atoms with Gasteiger partial charge in [-0.3, -0.25) is 39.0 Å². The van der Waals surface area contributed by atoms with Crippen LogP contribution in [0, 0.1) is 11.3 Å². The molecule has 3 saturated heterocycles. The van der Waals surface area contributed by atoms with Gasteiger partial charge in [0.1, 0.15) is 11.6 Å². The second kappa shape index (κ2) is 17.4. The van der Waals surface area contributed by atoms with E-state index in [1.807, 2.05) is 23.1 Å². The van der Waals surface area contributed by atoms with Crippen LogP contribution in [0.15, 0.2) is 30.5 Å². The zero-order valence-electron chi connectivity index (χ0n) is 34.9. The smallest absolute Gasteiger partial charge is 0.378 e. The number of aromatic nitrogens is 3. The molecule has 5 heterocycles. The maximum absolute atomic E-state index is 13.7. The van der Waals surface area contributed by atoms with Crippen LogP contribution in [-0.4, -0.2) is 121 Å². The number of hydrogen-bond acceptors (Lipinski definition) is 11. The molecule has 3 aliphatic heterocycles. The summed E-state index contributed by atoms with van der Waals surface area (Å²) in [7, 11) is 1.78. The van der Waals surface area contributed by atoms with Gasteiger partial charge in [-0.2, -0.15) is 23.5 Å². The summed E-state index contributed by atoms with van der Waals surface area (Å²) in [6, 6.07) is 7.91. The van der Waals surface area contributed by atoms with Gasteiger partial charge in [-0.05, 0) is 90.6 Å². The number of carbonyl (C=O) groups excluding carboxylic acids is 4. The maximum Gasteiger partial charge on any atom is 0.419 e. The molecule has 4 amide bonds. The van der Waals surface area contributed by atoms with Crippen LogP contribution in [0.2, 0.25) is 0 Å². The van der Waals surface area contributed by atoms with Crippen LogP contribution in [0.1, 0.15) is 95.5 Å². The van der Waals surface area contributed by atoms with E-state index in [-0.39, 0.29) is 65.7 Å². The average Bonchev–Trinajstić information content (AvgIpc) is 3.62. The number of nitrogens with one attached hydrogen (secondary N) is 2. The van der Waals surface area contributed by atoms with Gasteiger partial charge >= 0.3 is 6.18 Å². The molecule has 4 fully saturated rings. The number of aryl methyl sites for hydroxylation is 1. The number of hydrogen-bond donors (Lipinski definition) is 2. The summed E-state index contributed by atoms with van der Waals surface area (Å²) in [4.78, 5) is 62.7. The summed E-state index contributed by atoms with van der Waals surface area (Å²) in [6.07, 6.45) is 0.639. The number of pyridine rings is 1. The molecule has 15 nitrogen and oxygen atoms in total. The van der Waals surface area contributed by atoms with Gasteiger partial charge in [0.05, 0.1) is 52.9 Å². The number of anilines is 2. The number of imide groups is 1. The van der Waals surface area contributed by atoms with Crippen molar-refractivity contribution in [3.05, 3.63) is 47.4 Å². The molecule has 1 saturated carbocycles. The van der Waals surface area contributed by atoms with Crippen LogP contribution in [0.3, 0.4) is 0 Å².